The minimum atomic E-state index is -1.22. The van der Waals surface area contributed by atoms with E-state index in [0.717, 1.165) is 157 Å². The van der Waals surface area contributed by atoms with Crippen molar-refractivity contribution in [3.05, 3.63) is 275 Å². The maximum absolute atomic E-state index is 15.3. The fourth-order valence-corrected chi connectivity index (χ4v) is 15.5. The minimum absolute atomic E-state index is 0. The summed E-state index contributed by atoms with van der Waals surface area (Å²) in [7, 11) is 11.0. The van der Waals surface area contributed by atoms with Crippen LogP contribution < -0.4 is 59.6 Å². The van der Waals surface area contributed by atoms with Crippen molar-refractivity contribution in [2.24, 2.45) is 0 Å². The van der Waals surface area contributed by atoms with Crippen LogP contribution in [0.4, 0.5) is 43.4 Å². The summed E-state index contributed by atoms with van der Waals surface area (Å²) in [5.41, 5.74) is 12.9. The van der Waals surface area contributed by atoms with Crippen LogP contribution in [0, 0.1) is 34.9 Å². The van der Waals surface area contributed by atoms with Gasteiger partial charge < -0.3 is 64.7 Å². The maximum Gasteiger partial charge on any atom is 0.337 e. The Morgan fingerprint density at radius 3 is 0.884 bits per heavy atom. The van der Waals surface area contributed by atoms with Crippen molar-refractivity contribution in [1.29, 1.82) is 0 Å². The summed E-state index contributed by atoms with van der Waals surface area (Å²) in [6.07, 6.45) is 13.2. The van der Waals surface area contributed by atoms with Gasteiger partial charge in [-0.1, -0.05) is 79.6 Å². The largest absolute Gasteiger partial charge is 0.497 e. The molecule has 3 aliphatic heterocycles. The van der Waals surface area contributed by atoms with Gasteiger partial charge in [0, 0.05) is 183 Å². The number of aromatic carboxylic acids is 1. The Morgan fingerprint density at radius 2 is 0.609 bits per heavy atom. The molecule has 0 spiro atoms. The second-order valence-electron chi connectivity index (χ2n) is 30.8. The number of piperazine rings is 3. The summed E-state index contributed by atoms with van der Waals surface area (Å²) in [4.78, 5) is 88.7. The first-order chi connectivity index (χ1) is 64.6. The highest BCUT2D eigenvalue weighted by Gasteiger charge is 2.31. The first-order valence-corrected chi connectivity index (χ1v) is 42.2. The molecule has 3 fully saturated rings. The van der Waals surface area contributed by atoms with Crippen LogP contribution >= 0.6 is 0 Å². The van der Waals surface area contributed by atoms with Gasteiger partial charge in [-0.05, 0) is 90.0 Å². The molecular formula is C102H116F6N18O12. The lowest BCUT2D eigenvalue weighted by molar-refractivity contribution is 0.0698. The van der Waals surface area contributed by atoms with Crippen LogP contribution in [0.15, 0.2) is 195 Å². The maximum atomic E-state index is 15.3. The van der Waals surface area contributed by atoms with Crippen molar-refractivity contribution in [1.82, 2.24) is 74.7 Å². The SMILES string of the molecule is C.C.C.C.C.COc1cc(OC)c(F)c(-c2ccc(C(=O)Nc3ccc(CN4CCNCC4)nc3)c3nccnc23)c1F.COc1cc(OC)c(F)c(-c2ccc(C(=O)O)c3nccnc23)c1F.COc1ccc(CN2CCN(Cc3ccc(N)cn3)CC2)cc1.COc1ccc(CN2CCN(Cc3ccc(NC(=O)c4ccc(-c5c(F)c(OC)cc(OC)c5F)c5nccnc45)cn3)CC2)cc1. The van der Waals surface area contributed by atoms with E-state index in [1.807, 2.05) is 48.5 Å². The molecular weight excluding hydrogens is 1780 g/mol. The van der Waals surface area contributed by atoms with E-state index in [1.165, 1.54) is 127 Å². The zero-order chi connectivity index (χ0) is 93.8. The van der Waals surface area contributed by atoms with Gasteiger partial charge in [-0.15, -0.1) is 0 Å². The molecule has 0 aliphatic carbocycles. The fourth-order valence-electron chi connectivity index (χ4n) is 15.5. The Kier molecular flexibility index (Phi) is 38.8. The number of nitrogens with zero attached hydrogens (tertiary/aromatic N) is 14. The van der Waals surface area contributed by atoms with E-state index in [0.29, 0.717) is 17.9 Å². The summed E-state index contributed by atoms with van der Waals surface area (Å²) in [5, 5.41) is 18.3. The number of hydrogen-bond donors (Lipinski definition) is 5. The number of fused-ring (bicyclic) bond motifs is 3. The lowest BCUT2D eigenvalue weighted by atomic mass is 9.98. The minimum Gasteiger partial charge on any atom is -0.497 e. The predicted molar refractivity (Wildman–Crippen MR) is 523 cm³/mol. The molecule has 2 amide bonds. The second kappa shape index (κ2) is 50.1. The number of carbonyl (C=O) groups is 3. The van der Waals surface area contributed by atoms with Crippen LogP contribution in [0.1, 0.15) is 96.4 Å². The number of hydrogen-bond acceptors (Lipinski definition) is 27. The highest BCUT2D eigenvalue weighted by molar-refractivity contribution is 6.15. The van der Waals surface area contributed by atoms with Crippen molar-refractivity contribution in [2.75, 3.05) is 152 Å². The van der Waals surface area contributed by atoms with Crippen molar-refractivity contribution < 1.29 is 83.7 Å². The highest BCUT2D eigenvalue weighted by Crippen LogP contribution is 2.44. The van der Waals surface area contributed by atoms with Gasteiger partial charge in [0.15, 0.2) is 69.4 Å². The number of aromatic nitrogens is 9. The van der Waals surface area contributed by atoms with Crippen molar-refractivity contribution in [3.8, 4) is 79.4 Å². The topological polar surface area (TPSA) is 340 Å². The Labute approximate surface area is 798 Å². The van der Waals surface area contributed by atoms with Gasteiger partial charge in [0.1, 0.15) is 28.0 Å². The van der Waals surface area contributed by atoms with E-state index >= 15 is 17.6 Å². The molecule has 36 heteroatoms. The third-order valence-corrected chi connectivity index (χ3v) is 22.6. The molecule has 0 unspecified atom stereocenters. The number of benzene rings is 8. The number of pyridine rings is 3. The zero-order valence-corrected chi connectivity index (χ0v) is 74.0. The Bertz CT molecular complexity index is 6360. The van der Waals surface area contributed by atoms with Crippen molar-refractivity contribution in [2.45, 2.75) is 69.9 Å². The molecule has 138 heavy (non-hydrogen) atoms. The first-order valence-electron chi connectivity index (χ1n) is 42.2. The molecule has 728 valence electrons. The molecule has 3 aliphatic rings. The average Bonchev–Trinajstić information content (AvgIpc) is 0.757. The predicted octanol–water partition coefficient (Wildman–Crippen LogP) is 17.7. The number of carboxylic acid groups (broad SMARTS) is 1. The molecule has 17 rings (SSSR count). The first kappa shape index (κ1) is 107. The molecule has 0 atom stereocenters. The van der Waals surface area contributed by atoms with Gasteiger partial charge in [-0.25, -0.2) is 31.1 Å². The number of ether oxygens (including phenoxy) is 8. The van der Waals surface area contributed by atoms with Gasteiger partial charge in [0.25, 0.3) is 11.8 Å². The number of carbonyl (C=O) groups excluding carboxylic acids is 2. The average molecular weight is 1900 g/mol. The molecule has 0 bridgehead atoms. The number of amides is 2. The Morgan fingerprint density at radius 1 is 0.333 bits per heavy atom. The van der Waals surface area contributed by atoms with E-state index < -0.39 is 63.8 Å². The number of nitrogens with one attached hydrogen (secondary N) is 3. The molecule has 9 heterocycles. The molecule has 0 radical (unpaired) electrons. The third kappa shape index (κ3) is 25.3. The summed E-state index contributed by atoms with van der Waals surface area (Å²) >= 11 is 0. The lowest BCUT2D eigenvalue weighted by Gasteiger charge is -2.34. The van der Waals surface area contributed by atoms with Crippen LogP contribution in [0.5, 0.6) is 46.0 Å². The number of methoxy groups -OCH3 is 8. The summed E-state index contributed by atoms with van der Waals surface area (Å²) in [6.45, 7) is 16.1. The summed E-state index contributed by atoms with van der Waals surface area (Å²) < 4.78 is 131. The Balaban J connectivity index is 0.000000211. The number of nitrogen functional groups attached to an aromatic ring is 1. The second-order valence-corrected chi connectivity index (χ2v) is 30.8. The number of halogens is 6. The fraction of sp³-hybridized carbons (Fsp3) is 0.294. The third-order valence-electron chi connectivity index (χ3n) is 22.6. The van der Waals surface area contributed by atoms with Gasteiger partial charge >= 0.3 is 5.97 Å². The molecule has 0 saturated carbocycles. The number of rotatable bonds is 26. The van der Waals surface area contributed by atoms with Crippen molar-refractivity contribution >= 4 is 67.9 Å². The molecule has 6 aromatic heterocycles. The van der Waals surface area contributed by atoms with E-state index in [2.05, 4.69) is 110 Å². The van der Waals surface area contributed by atoms with E-state index in [9.17, 15) is 28.3 Å². The molecule has 8 aromatic carbocycles. The van der Waals surface area contributed by atoms with Gasteiger partial charge in [0.05, 0.1) is 160 Å². The summed E-state index contributed by atoms with van der Waals surface area (Å²) in [5.74, 6) is -7.14. The molecule has 14 aromatic rings. The monoisotopic (exact) mass is 1900 g/mol. The van der Waals surface area contributed by atoms with E-state index in [1.54, 1.807) is 44.9 Å². The van der Waals surface area contributed by atoms with E-state index in [4.69, 9.17) is 43.6 Å². The number of carboxylic acids is 1. The van der Waals surface area contributed by atoms with Gasteiger partial charge in [0.2, 0.25) is 0 Å². The smallest absolute Gasteiger partial charge is 0.337 e. The Hall–Kier alpha value is -14.8. The van der Waals surface area contributed by atoms with Crippen molar-refractivity contribution in [3.63, 3.8) is 0 Å². The van der Waals surface area contributed by atoms with Crippen LogP contribution in [-0.4, -0.2) is 228 Å². The number of anilines is 3. The quantitative estimate of drug-likeness (QED) is 0.0314. The molecule has 30 nitrogen and oxygen atoms in total. The van der Waals surface area contributed by atoms with Gasteiger partial charge in [-0.3, -0.25) is 78.9 Å². The lowest BCUT2D eigenvalue weighted by Crippen LogP contribution is -2.45. The summed E-state index contributed by atoms with van der Waals surface area (Å²) in [6, 6.07) is 39.4. The molecule has 6 N–H and O–H groups in total. The van der Waals surface area contributed by atoms with Gasteiger partial charge in [-0.2, -0.15) is 0 Å². The standard InChI is InChI=1S/C35H34F2N6O4.C27H26F2N6O3.C18H24N4O.C17H12F2N2O4.5CH4/c1-45-25-8-4-22(5-9-25)20-42-14-16-43(17-15-42)21-24-7-6-23(19-40-24)41-35(44)27-11-10-26(33-34(27)39-13-12-38-33)30-31(36)28(46-2)18-29(47-3)32(30)37;1-37-20-13-21(38-2)24(29)22(23(20)28)18-5-6-19(26-25(18)31-7-8-32-26)27(36)34-16-3-4-17(33-14-16)15-35-11-9-30-10-12-35;1-23-18-6-2-15(3-7-18)13-21-8-10-22(11-9-21)14-17-5-4-16(19)12-20-17;1-24-10-7-11(25-2)14(19)12(13(10)18)8-3-4-9(17(22)23)16-15(8)20-5-6-21-16;;;;;/h4-13,18-19H,14-17,20-21H2,1-3H3,(H,41,44);3-8,13-14,30H,9-12,15H2,1-2H3,(H,34,36);2-7,12H,8-11,13-14,19H2,1H3;3-7H,1-2H3,(H,22,23);5*1H4. The number of nitrogens with two attached hydrogens (primary N) is 1. The van der Waals surface area contributed by atoms with Crippen LogP contribution in [0.2, 0.25) is 0 Å². The van der Waals surface area contributed by atoms with Crippen LogP contribution in [0.25, 0.3) is 66.5 Å². The van der Waals surface area contributed by atoms with Crippen LogP contribution in [-0.2, 0) is 32.7 Å². The normalized spacial score (nSPS) is 13.2. The van der Waals surface area contributed by atoms with Crippen LogP contribution in [0.3, 0.4) is 0 Å². The zero-order valence-electron chi connectivity index (χ0n) is 74.0. The van der Waals surface area contributed by atoms with E-state index in [-0.39, 0.29) is 144 Å². The molecule has 3 saturated heterocycles. The highest BCUT2D eigenvalue weighted by atomic mass is 19.2.